The molecule has 1 aromatic carbocycles. The Labute approximate surface area is 99.9 Å². The van der Waals surface area contributed by atoms with Gasteiger partial charge in [0, 0.05) is 13.1 Å². The molecule has 4 heteroatoms. The normalized spacial score (nSPS) is 26.4. The molecule has 0 saturated carbocycles. The maximum absolute atomic E-state index is 12.7. The molecule has 17 heavy (non-hydrogen) atoms. The van der Waals surface area contributed by atoms with Crippen LogP contribution >= 0.6 is 0 Å². The summed E-state index contributed by atoms with van der Waals surface area (Å²) in [5.41, 5.74) is -0.737. The van der Waals surface area contributed by atoms with Crippen LogP contribution in [-0.4, -0.2) is 35.1 Å². The van der Waals surface area contributed by atoms with Gasteiger partial charge in [-0.25, -0.2) is 8.78 Å². The third-order valence-corrected chi connectivity index (χ3v) is 3.24. The molecular weight excluding hydrogens is 224 g/mol. The summed E-state index contributed by atoms with van der Waals surface area (Å²) in [7, 11) is 0. The SMILES string of the molecule is OC1(C(F)F)CCCN(Cc2ccccc2)C1. The second-order valence-corrected chi connectivity index (χ2v) is 4.70. The zero-order valence-corrected chi connectivity index (χ0v) is 9.65. The Kier molecular flexibility index (Phi) is 3.74. The minimum atomic E-state index is -2.67. The number of piperidine rings is 1. The van der Waals surface area contributed by atoms with E-state index in [-0.39, 0.29) is 13.0 Å². The van der Waals surface area contributed by atoms with Crippen LogP contribution < -0.4 is 0 Å². The predicted molar refractivity (Wildman–Crippen MR) is 61.9 cm³/mol. The molecule has 1 saturated heterocycles. The minimum absolute atomic E-state index is 0.0551. The summed E-state index contributed by atoms with van der Waals surface area (Å²) in [5.74, 6) is 0. The highest BCUT2D eigenvalue weighted by atomic mass is 19.3. The zero-order chi connectivity index (χ0) is 12.3. The first-order valence-corrected chi connectivity index (χ1v) is 5.87. The highest BCUT2D eigenvalue weighted by Crippen LogP contribution is 2.28. The molecule has 0 aromatic heterocycles. The van der Waals surface area contributed by atoms with Crippen LogP contribution in [0.3, 0.4) is 0 Å². The molecule has 1 unspecified atom stereocenters. The Morgan fingerprint density at radius 2 is 2.00 bits per heavy atom. The zero-order valence-electron chi connectivity index (χ0n) is 9.65. The summed E-state index contributed by atoms with van der Waals surface area (Å²) < 4.78 is 25.5. The van der Waals surface area contributed by atoms with Gasteiger partial charge in [0.25, 0.3) is 6.43 Å². The number of aliphatic hydroxyl groups is 1. The molecule has 1 aliphatic heterocycles. The van der Waals surface area contributed by atoms with Crippen molar-refractivity contribution in [1.29, 1.82) is 0 Å². The molecule has 1 heterocycles. The smallest absolute Gasteiger partial charge is 0.268 e. The van der Waals surface area contributed by atoms with Crippen LogP contribution in [0.15, 0.2) is 30.3 Å². The quantitative estimate of drug-likeness (QED) is 0.877. The van der Waals surface area contributed by atoms with E-state index in [2.05, 4.69) is 0 Å². The lowest BCUT2D eigenvalue weighted by molar-refractivity contribution is -0.132. The van der Waals surface area contributed by atoms with E-state index in [4.69, 9.17) is 0 Å². The number of alkyl halides is 2. The van der Waals surface area contributed by atoms with Gasteiger partial charge in [-0.3, -0.25) is 4.90 Å². The van der Waals surface area contributed by atoms with E-state index in [1.54, 1.807) is 0 Å². The summed E-state index contributed by atoms with van der Waals surface area (Å²) in [4.78, 5) is 1.89. The van der Waals surface area contributed by atoms with E-state index in [0.29, 0.717) is 13.0 Å². The van der Waals surface area contributed by atoms with Crippen molar-refractivity contribution in [2.75, 3.05) is 13.1 Å². The number of hydrogen-bond donors (Lipinski definition) is 1. The minimum Gasteiger partial charge on any atom is -0.383 e. The standard InChI is InChI=1S/C13H17F2NO/c14-12(15)13(17)7-4-8-16(10-13)9-11-5-2-1-3-6-11/h1-3,5-6,12,17H,4,7-10H2. The molecular formula is C13H17F2NO. The van der Waals surface area contributed by atoms with Gasteiger partial charge in [-0.2, -0.15) is 0 Å². The van der Waals surface area contributed by atoms with Crippen LogP contribution in [0.2, 0.25) is 0 Å². The summed E-state index contributed by atoms with van der Waals surface area (Å²) in [6, 6.07) is 9.72. The lowest BCUT2D eigenvalue weighted by Crippen LogP contribution is -2.52. The van der Waals surface area contributed by atoms with Gasteiger partial charge < -0.3 is 5.11 Å². The first kappa shape index (κ1) is 12.5. The number of β-amino-alcohol motifs (C(OH)–C–C–N with tert-alkyl or cyclic N) is 1. The Bertz CT molecular complexity index is 358. The first-order valence-electron chi connectivity index (χ1n) is 5.87. The molecule has 2 rings (SSSR count). The van der Waals surface area contributed by atoms with Gasteiger partial charge in [0.05, 0.1) is 0 Å². The first-order chi connectivity index (χ1) is 8.10. The average molecular weight is 241 g/mol. The molecule has 1 fully saturated rings. The summed E-state index contributed by atoms with van der Waals surface area (Å²) in [6.45, 7) is 1.44. The van der Waals surface area contributed by atoms with Crippen molar-refractivity contribution >= 4 is 0 Å². The Morgan fingerprint density at radius 1 is 1.29 bits per heavy atom. The number of likely N-dealkylation sites (tertiary alicyclic amines) is 1. The van der Waals surface area contributed by atoms with Crippen molar-refractivity contribution in [2.24, 2.45) is 0 Å². The lowest BCUT2D eigenvalue weighted by atomic mass is 9.93. The van der Waals surface area contributed by atoms with Crippen molar-refractivity contribution in [2.45, 2.75) is 31.4 Å². The molecule has 94 valence electrons. The number of nitrogens with zero attached hydrogens (tertiary/aromatic N) is 1. The molecule has 1 aliphatic rings. The van der Waals surface area contributed by atoms with Crippen LogP contribution in [0, 0.1) is 0 Å². The fourth-order valence-corrected chi connectivity index (χ4v) is 2.31. The molecule has 0 amide bonds. The molecule has 1 N–H and O–H groups in total. The maximum atomic E-state index is 12.7. The van der Waals surface area contributed by atoms with Gasteiger partial charge in [0.2, 0.25) is 0 Å². The van der Waals surface area contributed by atoms with Crippen molar-refractivity contribution in [3.8, 4) is 0 Å². The molecule has 0 aliphatic carbocycles. The second-order valence-electron chi connectivity index (χ2n) is 4.70. The van der Waals surface area contributed by atoms with Crippen molar-refractivity contribution in [3.63, 3.8) is 0 Å². The Balaban J connectivity index is 1.99. The number of hydrogen-bond acceptors (Lipinski definition) is 2. The lowest BCUT2D eigenvalue weighted by Gasteiger charge is -2.38. The van der Waals surface area contributed by atoms with Crippen LogP contribution in [0.1, 0.15) is 18.4 Å². The summed E-state index contributed by atoms with van der Waals surface area (Å²) >= 11 is 0. The molecule has 1 aromatic rings. The highest BCUT2D eigenvalue weighted by molar-refractivity contribution is 5.14. The van der Waals surface area contributed by atoms with Crippen molar-refractivity contribution in [3.05, 3.63) is 35.9 Å². The van der Waals surface area contributed by atoms with Crippen LogP contribution in [0.25, 0.3) is 0 Å². The van der Waals surface area contributed by atoms with Crippen molar-refractivity contribution in [1.82, 2.24) is 4.90 Å². The van der Waals surface area contributed by atoms with E-state index in [9.17, 15) is 13.9 Å². The number of rotatable bonds is 3. The number of benzene rings is 1. The monoisotopic (exact) mass is 241 g/mol. The van der Waals surface area contributed by atoms with E-state index >= 15 is 0 Å². The average Bonchev–Trinajstić information content (AvgIpc) is 2.30. The van der Waals surface area contributed by atoms with Gasteiger partial charge >= 0.3 is 0 Å². The highest BCUT2D eigenvalue weighted by Gasteiger charge is 2.41. The van der Waals surface area contributed by atoms with Gasteiger partial charge in [0.15, 0.2) is 0 Å². The molecule has 0 spiro atoms. The largest absolute Gasteiger partial charge is 0.383 e. The van der Waals surface area contributed by atoms with Crippen molar-refractivity contribution < 1.29 is 13.9 Å². The van der Waals surface area contributed by atoms with Gasteiger partial charge in [-0.05, 0) is 24.9 Å². The Morgan fingerprint density at radius 3 is 2.65 bits per heavy atom. The van der Waals surface area contributed by atoms with Gasteiger partial charge in [0.1, 0.15) is 5.60 Å². The third kappa shape index (κ3) is 3.01. The third-order valence-electron chi connectivity index (χ3n) is 3.24. The summed E-state index contributed by atoms with van der Waals surface area (Å²) in [5, 5.41) is 9.81. The molecule has 1 atom stereocenters. The van der Waals surface area contributed by atoms with E-state index in [1.807, 2.05) is 35.2 Å². The van der Waals surface area contributed by atoms with Gasteiger partial charge in [-0.1, -0.05) is 30.3 Å². The second kappa shape index (κ2) is 5.10. The molecule has 0 bridgehead atoms. The van der Waals surface area contributed by atoms with Crippen LogP contribution in [-0.2, 0) is 6.54 Å². The van der Waals surface area contributed by atoms with E-state index < -0.39 is 12.0 Å². The van der Waals surface area contributed by atoms with Crippen LogP contribution in [0.5, 0.6) is 0 Å². The fourth-order valence-electron chi connectivity index (χ4n) is 2.31. The molecule has 2 nitrogen and oxygen atoms in total. The van der Waals surface area contributed by atoms with Gasteiger partial charge in [-0.15, -0.1) is 0 Å². The Hall–Kier alpha value is -1.00. The maximum Gasteiger partial charge on any atom is 0.268 e. The topological polar surface area (TPSA) is 23.5 Å². The van der Waals surface area contributed by atoms with E-state index in [0.717, 1.165) is 12.1 Å². The fraction of sp³-hybridized carbons (Fsp3) is 0.538. The van der Waals surface area contributed by atoms with Crippen LogP contribution in [0.4, 0.5) is 8.78 Å². The summed E-state index contributed by atoms with van der Waals surface area (Å²) in [6.07, 6.45) is -1.86. The number of halogens is 2. The predicted octanol–water partition coefficient (Wildman–Crippen LogP) is 2.28. The molecule has 0 radical (unpaired) electrons. The van der Waals surface area contributed by atoms with E-state index in [1.165, 1.54) is 0 Å².